The Morgan fingerprint density at radius 1 is 1.22 bits per heavy atom. The summed E-state index contributed by atoms with van der Waals surface area (Å²) in [5.74, 6) is 0.707. The van der Waals surface area contributed by atoms with Crippen LogP contribution in [0.1, 0.15) is 42.5 Å². The number of ether oxygens (including phenoxy) is 1. The number of amides is 1. The summed E-state index contributed by atoms with van der Waals surface area (Å²) in [6.45, 7) is 0. The van der Waals surface area contributed by atoms with E-state index in [0.717, 1.165) is 35.2 Å². The van der Waals surface area contributed by atoms with Gasteiger partial charge in [-0.3, -0.25) is 9.48 Å². The van der Waals surface area contributed by atoms with Crippen molar-refractivity contribution in [2.45, 2.75) is 38.1 Å². The Hall–Kier alpha value is -2.89. The number of nitrogens with zero attached hydrogens (tertiary/aromatic N) is 3. The van der Waals surface area contributed by atoms with Crippen molar-refractivity contribution in [3.63, 3.8) is 0 Å². The highest BCUT2D eigenvalue weighted by Gasteiger charge is 2.21. The zero-order chi connectivity index (χ0) is 18.8. The summed E-state index contributed by atoms with van der Waals surface area (Å²) >= 11 is 0. The zero-order valence-electron chi connectivity index (χ0n) is 15.7. The average molecular weight is 364 g/mol. The molecule has 1 N–H and O–H groups in total. The van der Waals surface area contributed by atoms with E-state index in [2.05, 4.69) is 10.4 Å². The smallest absolute Gasteiger partial charge is 0.252 e. The molecule has 0 radical (unpaired) electrons. The molecular weight excluding hydrogens is 340 g/mol. The lowest BCUT2D eigenvalue weighted by molar-refractivity contribution is 0.0929. The predicted octanol–water partition coefficient (Wildman–Crippen LogP) is 3.71. The van der Waals surface area contributed by atoms with Crippen molar-refractivity contribution in [3.8, 4) is 17.0 Å². The lowest BCUT2D eigenvalue weighted by atomic mass is 9.95. The summed E-state index contributed by atoms with van der Waals surface area (Å²) in [4.78, 5) is 17.8. The Kier molecular flexibility index (Phi) is 4.79. The van der Waals surface area contributed by atoms with Gasteiger partial charge in [-0.05, 0) is 31.0 Å². The van der Waals surface area contributed by atoms with Gasteiger partial charge in [0.05, 0.1) is 30.0 Å². The summed E-state index contributed by atoms with van der Waals surface area (Å²) < 4.78 is 7.03. The molecule has 4 rings (SSSR count). The summed E-state index contributed by atoms with van der Waals surface area (Å²) in [6, 6.07) is 9.82. The molecule has 27 heavy (non-hydrogen) atoms. The molecule has 1 aliphatic rings. The van der Waals surface area contributed by atoms with Crippen LogP contribution < -0.4 is 10.1 Å². The maximum atomic E-state index is 13.0. The second-order valence-corrected chi connectivity index (χ2v) is 7.10. The summed E-state index contributed by atoms with van der Waals surface area (Å²) in [5.41, 5.74) is 2.96. The fourth-order valence-electron chi connectivity index (χ4n) is 3.74. The van der Waals surface area contributed by atoms with Gasteiger partial charge in [0.2, 0.25) is 0 Å². The highest BCUT2D eigenvalue weighted by molar-refractivity contribution is 6.06. The van der Waals surface area contributed by atoms with Crippen LogP contribution in [0.15, 0.2) is 36.5 Å². The number of hydrogen-bond donors (Lipinski definition) is 1. The standard InChI is InChI=1S/C21H24N4O2/c1-25-20-18(13-22-25)17(21(26)23-15-8-4-3-5-9-15)12-19(24-20)14-7-6-10-16(11-14)27-2/h6-7,10-13,15H,3-5,8-9H2,1-2H3,(H,23,26). The van der Waals surface area contributed by atoms with Gasteiger partial charge in [-0.1, -0.05) is 31.4 Å². The van der Waals surface area contributed by atoms with Gasteiger partial charge in [-0.25, -0.2) is 4.98 Å². The van der Waals surface area contributed by atoms with Gasteiger partial charge >= 0.3 is 0 Å². The molecule has 1 aromatic carbocycles. The lowest BCUT2D eigenvalue weighted by Gasteiger charge is -2.23. The number of rotatable bonds is 4. The first-order valence-electron chi connectivity index (χ1n) is 9.44. The van der Waals surface area contributed by atoms with Crippen LogP contribution in [0.2, 0.25) is 0 Å². The number of carbonyl (C=O) groups excluding carboxylic acids is 1. The van der Waals surface area contributed by atoms with E-state index in [1.54, 1.807) is 18.0 Å². The van der Waals surface area contributed by atoms with Crippen LogP contribution in [0, 0.1) is 0 Å². The van der Waals surface area contributed by atoms with Crippen LogP contribution in [0.4, 0.5) is 0 Å². The largest absolute Gasteiger partial charge is 0.497 e. The SMILES string of the molecule is COc1cccc(-c2cc(C(=O)NC3CCCCC3)c3cnn(C)c3n2)c1. The number of aryl methyl sites for hydroxylation is 1. The molecule has 0 spiro atoms. The van der Waals surface area contributed by atoms with Gasteiger partial charge in [0.1, 0.15) is 5.75 Å². The number of carbonyl (C=O) groups is 1. The van der Waals surface area contributed by atoms with Crippen molar-refractivity contribution in [2.75, 3.05) is 7.11 Å². The highest BCUT2D eigenvalue weighted by atomic mass is 16.5. The average Bonchev–Trinajstić information content (AvgIpc) is 3.09. The first-order valence-corrected chi connectivity index (χ1v) is 9.44. The molecule has 140 valence electrons. The first kappa shape index (κ1) is 17.5. The van der Waals surface area contributed by atoms with Crippen LogP contribution in [0.3, 0.4) is 0 Å². The van der Waals surface area contributed by atoms with E-state index in [1.807, 2.05) is 37.4 Å². The van der Waals surface area contributed by atoms with Crippen molar-refractivity contribution < 1.29 is 9.53 Å². The van der Waals surface area contributed by atoms with Crippen LogP contribution in [-0.4, -0.2) is 33.8 Å². The van der Waals surface area contributed by atoms with Crippen molar-refractivity contribution in [2.24, 2.45) is 7.05 Å². The van der Waals surface area contributed by atoms with E-state index in [4.69, 9.17) is 9.72 Å². The second kappa shape index (κ2) is 7.39. The van der Waals surface area contributed by atoms with Gasteiger partial charge in [0.25, 0.3) is 5.91 Å². The Labute approximate surface area is 158 Å². The third-order valence-corrected chi connectivity index (χ3v) is 5.26. The molecule has 1 saturated carbocycles. The maximum absolute atomic E-state index is 13.0. The third-order valence-electron chi connectivity index (χ3n) is 5.26. The minimum atomic E-state index is -0.0496. The number of nitrogens with one attached hydrogen (secondary N) is 1. The molecule has 0 unspecified atom stereocenters. The number of benzene rings is 1. The topological polar surface area (TPSA) is 69.0 Å². The number of hydrogen-bond acceptors (Lipinski definition) is 4. The molecule has 6 heteroatoms. The minimum absolute atomic E-state index is 0.0496. The minimum Gasteiger partial charge on any atom is -0.497 e. The Balaban J connectivity index is 1.75. The van der Waals surface area contributed by atoms with Crippen LogP contribution in [0.5, 0.6) is 5.75 Å². The Morgan fingerprint density at radius 3 is 2.81 bits per heavy atom. The first-order chi connectivity index (χ1) is 13.2. The molecule has 0 atom stereocenters. The summed E-state index contributed by atoms with van der Waals surface area (Å²) in [6.07, 6.45) is 7.44. The van der Waals surface area contributed by atoms with Gasteiger partial charge in [-0.2, -0.15) is 5.10 Å². The van der Waals surface area contributed by atoms with E-state index in [1.165, 1.54) is 19.3 Å². The quantitative estimate of drug-likeness (QED) is 0.766. The molecule has 6 nitrogen and oxygen atoms in total. The molecule has 1 amide bonds. The molecule has 1 aliphatic carbocycles. The predicted molar refractivity (Wildman–Crippen MR) is 105 cm³/mol. The summed E-state index contributed by atoms with van der Waals surface area (Å²) in [7, 11) is 3.48. The number of aromatic nitrogens is 3. The van der Waals surface area contributed by atoms with Crippen molar-refractivity contribution in [1.29, 1.82) is 0 Å². The normalized spacial score (nSPS) is 15.0. The molecule has 0 saturated heterocycles. The second-order valence-electron chi connectivity index (χ2n) is 7.10. The molecule has 1 fully saturated rings. The Bertz CT molecular complexity index is 973. The highest BCUT2D eigenvalue weighted by Crippen LogP contribution is 2.27. The molecule has 2 heterocycles. The Morgan fingerprint density at radius 2 is 2.04 bits per heavy atom. The molecule has 0 aliphatic heterocycles. The number of fused-ring (bicyclic) bond motifs is 1. The summed E-state index contributed by atoms with van der Waals surface area (Å²) in [5, 5.41) is 8.29. The van der Waals surface area contributed by atoms with Crippen LogP contribution in [0.25, 0.3) is 22.3 Å². The fraction of sp³-hybridized carbons (Fsp3) is 0.381. The third kappa shape index (κ3) is 3.52. The van der Waals surface area contributed by atoms with E-state index < -0.39 is 0 Å². The van der Waals surface area contributed by atoms with E-state index in [9.17, 15) is 4.79 Å². The lowest BCUT2D eigenvalue weighted by Crippen LogP contribution is -2.36. The number of methoxy groups -OCH3 is 1. The van der Waals surface area contributed by atoms with E-state index in [-0.39, 0.29) is 11.9 Å². The zero-order valence-corrected chi connectivity index (χ0v) is 15.7. The monoisotopic (exact) mass is 364 g/mol. The van der Waals surface area contributed by atoms with E-state index in [0.29, 0.717) is 11.2 Å². The number of pyridine rings is 1. The molecule has 2 aromatic heterocycles. The fourth-order valence-corrected chi connectivity index (χ4v) is 3.74. The molecular formula is C21H24N4O2. The van der Waals surface area contributed by atoms with Gasteiger partial charge in [0, 0.05) is 18.7 Å². The van der Waals surface area contributed by atoms with Crippen molar-refractivity contribution >= 4 is 16.9 Å². The van der Waals surface area contributed by atoms with Gasteiger partial charge < -0.3 is 10.1 Å². The van der Waals surface area contributed by atoms with Crippen molar-refractivity contribution in [1.82, 2.24) is 20.1 Å². The van der Waals surface area contributed by atoms with Crippen LogP contribution in [-0.2, 0) is 7.05 Å². The molecule has 3 aromatic rings. The van der Waals surface area contributed by atoms with Crippen molar-refractivity contribution in [3.05, 3.63) is 42.1 Å². The van der Waals surface area contributed by atoms with E-state index >= 15 is 0 Å². The van der Waals surface area contributed by atoms with Gasteiger partial charge in [0.15, 0.2) is 5.65 Å². The van der Waals surface area contributed by atoms with Crippen LogP contribution >= 0.6 is 0 Å². The molecule has 0 bridgehead atoms. The van der Waals surface area contributed by atoms with Gasteiger partial charge in [-0.15, -0.1) is 0 Å². The maximum Gasteiger partial charge on any atom is 0.252 e.